The van der Waals surface area contributed by atoms with Crippen LogP contribution in [0.25, 0.3) is 0 Å². The lowest BCUT2D eigenvalue weighted by Crippen LogP contribution is -2.31. The van der Waals surface area contributed by atoms with Crippen molar-refractivity contribution in [3.63, 3.8) is 0 Å². The minimum atomic E-state index is -0.710. The van der Waals surface area contributed by atoms with E-state index in [1.54, 1.807) is 0 Å². The van der Waals surface area contributed by atoms with Gasteiger partial charge < -0.3 is 16.2 Å². The standard InChI is InChI=1S/C14H20N2O2/c15-12-8-6-11(7-9-12)13(18-14(16)17)10-4-2-1-3-5-10/h1-5,11-13H,6-9,15H2,(H2,16,17). The Labute approximate surface area is 107 Å². The van der Waals surface area contributed by atoms with E-state index in [0.29, 0.717) is 5.92 Å². The largest absolute Gasteiger partial charge is 0.441 e. The number of hydrogen-bond donors (Lipinski definition) is 2. The van der Waals surface area contributed by atoms with E-state index in [9.17, 15) is 4.79 Å². The van der Waals surface area contributed by atoms with Crippen LogP contribution in [0, 0.1) is 5.92 Å². The van der Waals surface area contributed by atoms with Crippen molar-refractivity contribution in [3.05, 3.63) is 35.9 Å². The van der Waals surface area contributed by atoms with Crippen molar-refractivity contribution in [1.82, 2.24) is 0 Å². The van der Waals surface area contributed by atoms with E-state index in [2.05, 4.69) is 0 Å². The van der Waals surface area contributed by atoms with Crippen molar-refractivity contribution < 1.29 is 9.53 Å². The molecule has 4 nitrogen and oxygen atoms in total. The Hall–Kier alpha value is -1.55. The summed E-state index contributed by atoms with van der Waals surface area (Å²) in [6, 6.07) is 10.1. The average molecular weight is 248 g/mol. The highest BCUT2D eigenvalue weighted by molar-refractivity contribution is 5.65. The molecule has 4 N–H and O–H groups in total. The molecule has 4 heteroatoms. The summed E-state index contributed by atoms with van der Waals surface area (Å²) in [6.07, 6.45) is 2.98. The van der Waals surface area contributed by atoms with E-state index in [1.165, 1.54) is 0 Å². The quantitative estimate of drug-likeness (QED) is 0.861. The molecule has 1 saturated carbocycles. The summed E-state index contributed by atoms with van der Waals surface area (Å²) in [5, 5.41) is 0. The summed E-state index contributed by atoms with van der Waals surface area (Å²) in [4.78, 5) is 11.1. The highest BCUT2D eigenvalue weighted by Gasteiger charge is 2.29. The van der Waals surface area contributed by atoms with Crippen LogP contribution >= 0.6 is 0 Å². The Morgan fingerprint density at radius 3 is 2.33 bits per heavy atom. The molecule has 0 aromatic heterocycles. The molecule has 1 aliphatic rings. The maximum Gasteiger partial charge on any atom is 0.405 e. The van der Waals surface area contributed by atoms with Crippen LogP contribution in [-0.2, 0) is 4.74 Å². The molecular weight excluding hydrogens is 228 g/mol. The van der Waals surface area contributed by atoms with Crippen LogP contribution in [0.15, 0.2) is 30.3 Å². The summed E-state index contributed by atoms with van der Waals surface area (Å²) < 4.78 is 5.31. The lowest BCUT2D eigenvalue weighted by Gasteiger charge is -2.32. The van der Waals surface area contributed by atoms with Gasteiger partial charge in [-0.25, -0.2) is 4.79 Å². The molecule has 1 atom stereocenters. The minimum absolute atomic E-state index is 0.240. The summed E-state index contributed by atoms with van der Waals surface area (Å²) in [6.45, 7) is 0. The van der Waals surface area contributed by atoms with Gasteiger partial charge in [0.1, 0.15) is 6.10 Å². The third-order valence-electron chi connectivity index (χ3n) is 3.62. The first-order valence-corrected chi connectivity index (χ1v) is 6.43. The van der Waals surface area contributed by atoms with E-state index in [4.69, 9.17) is 16.2 Å². The zero-order valence-corrected chi connectivity index (χ0v) is 10.4. The first-order chi connectivity index (χ1) is 8.66. The van der Waals surface area contributed by atoms with Gasteiger partial charge in [-0.15, -0.1) is 0 Å². The van der Waals surface area contributed by atoms with E-state index >= 15 is 0 Å². The van der Waals surface area contributed by atoms with Gasteiger partial charge in [-0.3, -0.25) is 0 Å². The predicted molar refractivity (Wildman–Crippen MR) is 69.8 cm³/mol. The highest BCUT2D eigenvalue weighted by Crippen LogP contribution is 2.36. The van der Waals surface area contributed by atoms with Gasteiger partial charge in [-0.05, 0) is 31.2 Å². The van der Waals surface area contributed by atoms with Gasteiger partial charge in [0, 0.05) is 12.0 Å². The zero-order valence-electron chi connectivity index (χ0n) is 10.4. The molecule has 0 saturated heterocycles. The van der Waals surface area contributed by atoms with Crippen LogP contribution in [-0.4, -0.2) is 12.1 Å². The van der Waals surface area contributed by atoms with Crippen molar-refractivity contribution in [2.45, 2.75) is 37.8 Å². The van der Waals surface area contributed by atoms with Crippen LogP contribution in [0.5, 0.6) is 0 Å². The van der Waals surface area contributed by atoms with Crippen LogP contribution in [0.1, 0.15) is 37.4 Å². The third kappa shape index (κ3) is 3.23. The third-order valence-corrected chi connectivity index (χ3v) is 3.62. The number of nitrogens with two attached hydrogens (primary N) is 2. The van der Waals surface area contributed by atoms with E-state index in [-0.39, 0.29) is 12.1 Å². The van der Waals surface area contributed by atoms with Crippen molar-refractivity contribution >= 4 is 6.09 Å². The Morgan fingerprint density at radius 2 is 1.78 bits per heavy atom. The van der Waals surface area contributed by atoms with Gasteiger partial charge in [0.05, 0.1) is 0 Å². The van der Waals surface area contributed by atoms with Gasteiger partial charge in [0.25, 0.3) is 0 Å². The SMILES string of the molecule is NC(=O)OC(c1ccccc1)C1CCC(N)CC1. The number of primary amides is 1. The zero-order chi connectivity index (χ0) is 13.0. The number of benzene rings is 1. The van der Waals surface area contributed by atoms with Crippen LogP contribution in [0.3, 0.4) is 0 Å². The number of rotatable bonds is 3. The van der Waals surface area contributed by atoms with Crippen LogP contribution in [0.2, 0.25) is 0 Å². The minimum Gasteiger partial charge on any atom is -0.441 e. The van der Waals surface area contributed by atoms with Crippen LogP contribution in [0.4, 0.5) is 4.79 Å². The molecule has 1 aromatic rings. The van der Waals surface area contributed by atoms with E-state index < -0.39 is 6.09 Å². The van der Waals surface area contributed by atoms with Gasteiger partial charge in [0.2, 0.25) is 0 Å². The summed E-state index contributed by atoms with van der Waals surface area (Å²) >= 11 is 0. The van der Waals surface area contributed by atoms with E-state index in [0.717, 1.165) is 31.2 Å². The lowest BCUT2D eigenvalue weighted by molar-refractivity contribution is 0.0513. The molecule has 0 spiro atoms. The molecule has 0 heterocycles. The van der Waals surface area contributed by atoms with Crippen LogP contribution < -0.4 is 11.5 Å². The summed E-state index contributed by atoms with van der Waals surface area (Å²) in [5.74, 6) is 0.319. The molecule has 2 rings (SSSR count). The normalized spacial score (nSPS) is 25.4. The second-order valence-corrected chi connectivity index (χ2v) is 4.94. The first kappa shape index (κ1) is 12.9. The number of carbonyl (C=O) groups excluding carboxylic acids is 1. The fourth-order valence-corrected chi connectivity index (χ4v) is 2.65. The monoisotopic (exact) mass is 248 g/mol. The smallest absolute Gasteiger partial charge is 0.405 e. The molecule has 0 aliphatic heterocycles. The molecule has 1 fully saturated rings. The predicted octanol–water partition coefficient (Wildman–Crippen LogP) is 2.34. The van der Waals surface area contributed by atoms with Gasteiger partial charge in [-0.2, -0.15) is 0 Å². The number of carbonyl (C=O) groups is 1. The molecular formula is C14H20N2O2. The molecule has 1 amide bonds. The Morgan fingerprint density at radius 1 is 1.17 bits per heavy atom. The average Bonchev–Trinajstić information content (AvgIpc) is 2.38. The molecule has 1 unspecified atom stereocenters. The molecule has 0 bridgehead atoms. The fraction of sp³-hybridized carbons (Fsp3) is 0.500. The lowest BCUT2D eigenvalue weighted by atomic mass is 9.81. The van der Waals surface area contributed by atoms with Crippen molar-refractivity contribution in [3.8, 4) is 0 Å². The molecule has 98 valence electrons. The van der Waals surface area contributed by atoms with Crippen molar-refractivity contribution in [1.29, 1.82) is 0 Å². The van der Waals surface area contributed by atoms with Gasteiger partial charge in [0.15, 0.2) is 0 Å². The topological polar surface area (TPSA) is 78.3 Å². The number of ether oxygens (including phenoxy) is 1. The Balaban J connectivity index is 2.12. The fourth-order valence-electron chi connectivity index (χ4n) is 2.65. The second kappa shape index (κ2) is 5.87. The maximum absolute atomic E-state index is 11.1. The second-order valence-electron chi connectivity index (χ2n) is 4.94. The van der Waals surface area contributed by atoms with Crippen molar-refractivity contribution in [2.24, 2.45) is 17.4 Å². The highest BCUT2D eigenvalue weighted by atomic mass is 16.6. The first-order valence-electron chi connectivity index (χ1n) is 6.43. The summed E-state index contributed by atoms with van der Waals surface area (Å²) in [5.41, 5.74) is 12.1. The van der Waals surface area contributed by atoms with Gasteiger partial charge in [-0.1, -0.05) is 30.3 Å². The van der Waals surface area contributed by atoms with Crippen molar-refractivity contribution in [2.75, 3.05) is 0 Å². The summed E-state index contributed by atoms with van der Waals surface area (Å²) in [7, 11) is 0. The van der Waals surface area contributed by atoms with Gasteiger partial charge >= 0.3 is 6.09 Å². The number of amides is 1. The Bertz CT molecular complexity index is 386. The molecule has 18 heavy (non-hydrogen) atoms. The Kier molecular flexibility index (Phi) is 4.20. The maximum atomic E-state index is 11.1. The number of hydrogen-bond acceptors (Lipinski definition) is 3. The molecule has 1 aromatic carbocycles. The molecule has 1 aliphatic carbocycles. The van der Waals surface area contributed by atoms with E-state index in [1.807, 2.05) is 30.3 Å². The molecule has 0 radical (unpaired) electrons.